The van der Waals surface area contributed by atoms with Crippen molar-refractivity contribution in [2.45, 2.75) is 19.9 Å². The number of carbonyl (C=O) groups excluding carboxylic acids is 1. The minimum Gasteiger partial charge on any atom is -0.480 e. The van der Waals surface area contributed by atoms with Gasteiger partial charge < -0.3 is 10.0 Å². The van der Waals surface area contributed by atoms with Crippen LogP contribution in [0.4, 0.5) is 4.39 Å². The average molecular weight is 318 g/mol. The molecule has 0 fully saturated rings. The molecule has 0 saturated heterocycles. The summed E-state index contributed by atoms with van der Waals surface area (Å²) in [5.74, 6) is -2.45. The Labute approximate surface area is 113 Å². The summed E-state index contributed by atoms with van der Waals surface area (Å²) in [5.41, 5.74) is -0.140. The van der Waals surface area contributed by atoms with Crippen LogP contribution in [0.1, 0.15) is 24.2 Å². The molecule has 1 N–H and O–H groups in total. The Kier molecular flexibility index (Phi) is 4.84. The third-order valence-corrected chi connectivity index (χ3v) is 2.98. The summed E-state index contributed by atoms with van der Waals surface area (Å²) < 4.78 is 13.9. The Bertz CT molecular complexity index is 476. The van der Waals surface area contributed by atoms with Crippen LogP contribution in [0.15, 0.2) is 22.7 Å². The summed E-state index contributed by atoms with van der Waals surface area (Å²) in [6.07, 6.45) is 0. The van der Waals surface area contributed by atoms with Crippen molar-refractivity contribution in [1.82, 2.24) is 4.90 Å². The highest BCUT2D eigenvalue weighted by Gasteiger charge is 2.24. The van der Waals surface area contributed by atoms with E-state index < -0.39 is 24.2 Å². The van der Waals surface area contributed by atoms with Crippen molar-refractivity contribution in [1.29, 1.82) is 0 Å². The first kappa shape index (κ1) is 14.6. The van der Waals surface area contributed by atoms with E-state index in [1.807, 2.05) is 0 Å². The van der Waals surface area contributed by atoms with E-state index in [4.69, 9.17) is 5.11 Å². The van der Waals surface area contributed by atoms with E-state index in [0.29, 0.717) is 0 Å². The first-order valence-corrected chi connectivity index (χ1v) is 6.10. The lowest BCUT2D eigenvalue weighted by Crippen LogP contribution is -2.41. The van der Waals surface area contributed by atoms with Gasteiger partial charge in [0, 0.05) is 6.04 Å². The van der Waals surface area contributed by atoms with Gasteiger partial charge in [-0.15, -0.1) is 0 Å². The molecular weight excluding hydrogens is 305 g/mol. The summed E-state index contributed by atoms with van der Waals surface area (Å²) in [4.78, 5) is 23.9. The number of carbonyl (C=O) groups is 2. The van der Waals surface area contributed by atoms with Crippen molar-refractivity contribution in [3.05, 3.63) is 34.1 Å². The van der Waals surface area contributed by atoms with Crippen molar-refractivity contribution >= 4 is 27.8 Å². The molecule has 0 saturated carbocycles. The molecule has 0 aliphatic carbocycles. The van der Waals surface area contributed by atoms with E-state index in [1.54, 1.807) is 13.8 Å². The lowest BCUT2D eigenvalue weighted by atomic mass is 10.1. The highest BCUT2D eigenvalue weighted by molar-refractivity contribution is 9.10. The Balaban J connectivity index is 3.10. The van der Waals surface area contributed by atoms with Crippen LogP contribution < -0.4 is 0 Å². The van der Waals surface area contributed by atoms with Gasteiger partial charge in [-0.25, -0.2) is 4.39 Å². The van der Waals surface area contributed by atoms with E-state index >= 15 is 0 Å². The minimum absolute atomic E-state index is 0.140. The topological polar surface area (TPSA) is 57.6 Å². The molecule has 1 rings (SSSR count). The van der Waals surface area contributed by atoms with Crippen LogP contribution in [0.3, 0.4) is 0 Å². The van der Waals surface area contributed by atoms with Gasteiger partial charge in [-0.2, -0.15) is 0 Å². The lowest BCUT2D eigenvalue weighted by molar-refractivity contribution is -0.138. The van der Waals surface area contributed by atoms with Gasteiger partial charge in [0.25, 0.3) is 5.91 Å². The number of aliphatic carboxylic acids is 1. The molecule has 18 heavy (non-hydrogen) atoms. The fraction of sp³-hybridized carbons (Fsp3) is 0.333. The van der Waals surface area contributed by atoms with Crippen LogP contribution in [-0.4, -0.2) is 34.5 Å². The monoisotopic (exact) mass is 317 g/mol. The number of halogens is 2. The van der Waals surface area contributed by atoms with Crippen LogP contribution >= 0.6 is 15.9 Å². The van der Waals surface area contributed by atoms with E-state index in [9.17, 15) is 14.0 Å². The van der Waals surface area contributed by atoms with Gasteiger partial charge in [0.2, 0.25) is 0 Å². The molecule has 0 aliphatic heterocycles. The maximum atomic E-state index is 13.8. The van der Waals surface area contributed by atoms with Crippen LogP contribution in [0.25, 0.3) is 0 Å². The van der Waals surface area contributed by atoms with Crippen molar-refractivity contribution in [2.24, 2.45) is 0 Å². The number of hydrogen-bond donors (Lipinski definition) is 1. The van der Waals surface area contributed by atoms with Crippen LogP contribution in [-0.2, 0) is 4.79 Å². The van der Waals surface area contributed by atoms with Gasteiger partial charge in [-0.05, 0) is 41.9 Å². The third-order valence-electron chi connectivity index (χ3n) is 2.37. The molecule has 0 atom stereocenters. The smallest absolute Gasteiger partial charge is 0.323 e. The van der Waals surface area contributed by atoms with E-state index in [-0.39, 0.29) is 16.1 Å². The zero-order chi connectivity index (χ0) is 13.9. The molecule has 4 nitrogen and oxygen atoms in total. The van der Waals surface area contributed by atoms with Gasteiger partial charge in [0.1, 0.15) is 12.4 Å². The fourth-order valence-corrected chi connectivity index (χ4v) is 1.82. The number of amides is 1. The zero-order valence-corrected chi connectivity index (χ0v) is 11.6. The molecular formula is C12H13BrFNO3. The highest BCUT2D eigenvalue weighted by atomic mass is 79.9. The SMILES string of the molecule is CC(C)N(CC(=O)O)C(=O)c1cccc(Br)c1F. The van der Waals surface area contributed by atoms with Gasteiger partial charge in [-0.3, -0.25) is 9.59 Å². The predicted octanol–water partition coefficient (Wildman–Crippen LogP) is 2.52. The van der Waals surface area contributed by atoms with Crippen LogP contribution in [0.5, 0.6) is 0 Å². The molecule has 1 amide bonds. The zero-order valence-electron chi connectivity index (χ0n) is 9.98. The maximum absolute atomic E-state index is 13.8. The molecule has 0 aromatic heterocycles. The predicted molar refractivity (Wildman–Crippen MR) is 67.9 cm³/mol. The second kappa shape index (κ2) is 5.95. The number of carboxylic acid groups (broad SMARTS) is 1. The summed E-state index contributed by atoms with van der Waals surface area (Å²) in [6, 6.07) is 4.01. The van der Waals surface area contributed by atoms with E-state index in [1.165, 1.54) is 18.2 Å². The molecule has 0 bridgehead atoms. The van der Waals surface area contributed by atoms with Crippen molar-refractivity contribution in [3.63, 3.8) is 0 Å². The molecule has 1 aromatic rings. The molecule has 1 aromatic carbocycles. The van der Waals surface area contributed by atoms with Gasteiger partial charge in [0.15, 0.2) is 0 Å². The molecule has 0 heterocycles. The third kappa shape index (κ3) is 3.29. The highest BCUT2D eigenvalue weighted by Crippen LogP contribution is 2.20. The molecule has 6 heteroatoms. The largest absolute Gasteiger partial charge is 0.480 e. The van der Waals surface area contributed by atoms with E-state index in [2.05, 4.69) is 15.9 Å². The van der Waals surface area contributed by atoms with Crippen LogP contribution in [0, 0.1) is 5.82 Å². The number of rotatable bonds is 4. The van der Waals surface area contributed by atoms with Crippen molar-refractivity contribution in [3.8, 4) is 0 Å². The molecule has 0 unspecified atom stereocenters. The standard InChI is InChI=1S/C12H13BrFNO3/c1-7(2)15(6-10(16)17)12(18)8-4-3-5-9(13)11(8)14/h3-5,7H,6H2,1-2H3,(H,16,17). The Hall–Kier alpha value is -1.43. The first-order chi connectivity index (χ1) is 8.34. The summed E-state index contributed by atoms with van der Waals surface area (Å²) in [6.45, 7) is 2.90. The number of benzene rings is 1. The number of hydrogen-bond acceptors (Lipinski definition) is 2. The summed E-state index contributed by atoms with van der Waals surface area (Å²) >= 11 is 2.99. The average Bonchev–Trinajstić information content (AvgIpc) is 2.28. The van der Waals surface area contributed by atoms with E-state index in [0.717, 1.165) is 4.90 Å². The molecule has 0 aliphatic rings. The van der Waals surface area contributed by atoms with Crippen molar-refractivity contribution in [2.75, 3.05) is 6.54 Å². The second-order valence-electron chi connectivity index (χ2n) is 4.02. The fourth-order valence-electron chi connectivity index (χ4n) is 1.46. The molecule has 0 spiro atoms. The Morgan fingerprint density at radius 3 is 2.56 bits per heavy atom. The lowest BCUT2D eigenvalue weighted by Gasteiger charge is -2.25. The van der Waals surface area contributed by atoms with Crippen LogP contribution in [0.2, 0.25) is 0 Å². The maximum Gasteiger partial charge on any atom is 0.323 e. The first-order valence-electron chi connectivity index (χ1n) is 5.31. The van der Waals surface area contributed by atoms with Gasteiger partial charge >= 0.3 is 5.97 Å². The number of nitrogens with zero attached hydrogens (tertiary/aromatic N) is 1. The Morgan fingerprint density at radius 2 is 2.06 bits per heavy atom. The Morgan fingerprint density at radius 1 is 1.44 bits per heavy atom. The molecule has 0 radical (unpaired) electrons. The van der Waals surface area contributed by atoms with Gasteiger partial charge in [-0.1, -0.05) is 6.07 Å². The second-order valence-corrected chi connectivity index (χ2v) is 4.88. The number of carboxylic acids is 1. The van der Waals surface area contributed by atoms with Crippen molar-refractivity contribution < 1.29 is 19.1 Å². The molecule has 98 valence electrons. The normalized spacial score (nSPS) is 10.5. The summed E-state index contributed by atoms with van der Waals surface area (Å²) in [7, 11) is 0. The minimum atomic E-state index is -1.13. The quantitative estimate of drug-likeness (QED) is 0.928. The summed E-state index contributed by atoms with van der Waals surface area (Å²) in [5, 5.41) is 8.76. The van der Waals surface area contributed by atoms with Gasteiger partial charge in [0.05, 0.1) is 10.0 Å².